The van der Waals surface area contributed by atoms with Crippen molar-refractivity contribution in [2.45, 2.75) is 19.1 Å². The molecule has 1 unspecified atom stereocenters. The lowest BCUT2D eigenvalue weighted by Gasteiger charge is -2.15. The van der Waals surface area contributed by atoms with Crippen LogP contribution in [0.2, 0.25) is 0 Å². The van der Waals surface area contributed by atoms with Crippen LogP contribution in [-0.4, -0.2) is 16.0 Å². The molecule has 62 valence electrons. The standard InChI is InChI=1S/C6H7F3N2/c1-5(6(7,8)9)11-4-2-3-10-11/h2-5H,1H3. The normalized spacial score (nSPS) is 14.9. The van der Waals surface area contributed by atoms with E-state index in [4.69, 9.17) is 0 Å². The Bertz CT molecular complexity index is 214. The molecule has 0 saturated heterocycles. The Balaban J connectivity index is 2.78. The smallest absolute Gasteiger partial charge is 0.261 e. The van der Waals surface area contributed by atoms with Crippen LogP contribution in [0.15, 0.2) is 18.5 Å². The first-order valence-corrected chi connectivity index (χ1v) is 3.07. The van der Waals surface area contributed by atoms with Crippen molar-refractivity contribution in [2.75, 3.05) is 0 Å². The Morgan fingerprint density at radius 1 is 1.45 bits per heavy atom. The molecule has 1 aromatic heterocycles. The number of hydrogen-bond acceptors (Lipinski definition) is 1. The Morgan fingerprint density at radius 3 is 2.45 bits per heavy atom. The van der Waals surface area contributed by atoms with Gasteiger partial charge in [-0.05, 0) is 13.0 Å². The molecule has 1 aromatic rings. The van der Waals surface area contributed by atoms with E-state index in [-0.39, 0.29) is 0 Å². The first kappa shape index (κ1) is 8.10. The third-order valence-electron chi connectivity index (χ3n) is 1.40. The molecule has 1 atom stereocenters. The van der Waals surface area contributed by atoms with Crippen molar-refractivity contribution in [3.05, 3.63) is 18.5 Å². The van der Waals surface area contributed by atoms with E-state index in [0.29, 0.717) is 0 Å². The number of hydrogen-bond donors (Lipinski definition) is 0. The van der Waals surface area contributed by atoms with E-state index in [1.807, 2.05) is 0 Å². The summed E-state index contributed by atoms with van der Waals surface area (Å²) in [4.78, 5) is 0. The molecule has 11 heavy (non-hydrogen) atoms. The second kappa shape index (κ2) is 2.56. The van der Waals surface area contributed by atoms with Crippen LogP contribution in [0.5, 0.6) is 0 Å². The van der Waals surface area contributed by atoms with Crippen LogP contribution in [0.1, 0.15) is 13.0 Å². The minimum Gasteiger partial charge on any atom is -0.261 e. The highest BCUT2D eigenvalue weighted by Gasteiger charge is 2.37. The molecule has 0 aliphatic rings. The van der Waals surface area contributed by atoms with Crippen molar-refractivity contribution in [1.29, 1.82) is 0 Å². The minimum atomic E-state index is -4.22. The summed E-state index contributed by atoms with van der Waals surface area (Å²) in [6.45, 7) is 1.06. The summed E-state index contributed by atoms with van der Waals surface area (Å²) in [6, 6.07) is -0.0834. The first-order chi connectivity index (χ1) is 5.02. The Hall–Kier alpha value is -1.00. The maximum absolute atomic E-state index is 12.0. The van der Waals surface area contributed by atoms with Gasteiger partial charge in [0.25, 0.3) is 0 Å². The second-order valence-electron chi connectivity index (χ2n) is 2.20. The molecule has 1 heterocycles. The SMILES string of the molecule is CC(n1cccn1)C(F)(F)F. The predicted molar refractivity (Wildman–Crippen MR) is 33.0 cm³/mol. The van der Waals surface area contributed by atoms with Gasteiger partial charge in [0, 0.05) is 12.4 Å². The van der Waals surface area contributed by atoms with Crippen LogP contribution in [0.25, 0.3) is 0 Å². The van der Waals surface area contributed by atoms with Crippen LogP contribution in [-0.2, 0) is 0 Å². The number of nitrogens with zero attached hydrogens (tertiary/aromatic N) is 2. The average Bonchev–Trinajstić information content (AvgIpc) is 2.34. The van der Waals surface area contributed by atoms with Gasteiger partial charge in [0.1, 0.15) is 6.04 Å². The zero-order chi connectivity index (χ0) is 8.48. The van der Waals surface area contributed by atoms with Gasteiger partial charge in [-0.15, -0.1) is 0 Å². The van der Waals surface area contributed by atoms with Crippen LogP contribution < -0.4 is 0 Å². The molecule has 0 fully saturated rings. The molecular formula is C6H7F3N2. The third kappa shape index (κ3) is 1.72. The quantitative estimate of drug-likeness (QED) is 0.620. The van der Waals surface area contributed by atoms with Gasteiger partial charge in [0.05, 0.1) is 0 Å². The summed E-state index contributed by atoms with van der Waals surface area (Å²) in [5.74, 6) is 0. The van der Waals surface area contributed by atoms with Crippen molar-refractivity contribution in [3.63, 3.8) is 0 Å². The molecule has 0 aliphatic heterocycles. The highest BCUT2D eigenvalue weighted by molar-refractivity contribution is 4.82. The van der Waals surface area contributed by atoms with Gasteiger partial charge < -0.3 is 0 Å². The fraction of sp³-hybridized carbons (Fsp3) is 0.500. The van der Waals surface area contributed by atoms with Gasteiger partial charge in [0.15, 0.2) is 0 Å². The van der Waals surface area contributed by atoms with Crippen molar-refractivity contribution in [1.82, 2.24) is 9.78 Å². The predicted octanol–water partition coefficient (Wildman–Crippen LogP) is 2.01. The largest absolute Gasteiger partial charge is 0.410 e. The third-order valence-corrected chi connectivity index (χ3v) is 1.40. The molecule has 0 N–H and O–H groups in total. The summed E-state index contributed by atoms with van der Waals surface area (Å²) in [5.41, 5.74) is 0. The summed E-state index contributed by atoms with van der Waals surface area (Å²) in [7, 11) is 0. The van der Waals surface area contributed by atoms with Crippen molar-refractivity contribution in [2.24, 2.45) is 0 Å². The minimum absolute atomic E-state index is 0.875. The maximum Gasteiger partial charge on any atom is 0.410 e. The molecule has 0 spiro atoms. The number of rotatable bonds is 1. The molecule has 0 bridgehead atoms. The number of aromatic nitrogens is 2. The highest BCUT2D eigenvalue weighted by Crippen LogP contribution is 2.28. The zero-order valence-electron chi connectivity index (χ0n) is 5.84. The van der Waals surface area contributed by atoms with E-state index < -0.39 is 12.2 Å². The fourth-order valence-electron chi connectivity index (χ4n) is 0.660. The molecule has 2 nitrogen and oxygen atoms in total. The Kier molecular flexibility index (Phi) is 1.89. The van der Waals surface area contributed by atoms with Gasteiger partial charge in [-0.2, -0.15) is 18.3 Å². The summed E-state index contributed by atoms with van der Waals surface area (Å²) >= 11 is 0. The topological polar surface area (TPSA) is 17.8 Å². The van der Waals surface area contributed by atoms with E-state index in [9.17, 15) is 13.2 Å². The van der Waals surface area contributed by atoms with E-state index in [2.05, 4.69) is 5.10 Å². The lowest BCUT2D eigenvalue weighted by molar-refractivity contribution is -0.165. The summed E-state index contributed by atoms with van der Waals surface area (Å²) in [5, 5.41) is 3.48. The molecule has 0 aliphatic carbocycles. The van der Waals surface area contributed by atoms with Gasteiger partial charge in [-0.3, -0.25) is 4.68 Å². The Morgan fingerprint density at radius 2 is 2.09 bits per heavy atom. The van der Waals surface area contributed by atoms with Crippen LogP contribution >= 0.6 is 0 Å². The summed E-state index contributed by atoms with van der Waals surface area (Å²) in [6.07, 6.45) is -1.60. The van der Waals surface area contributed by atoms with Gasteiger partial charge in [0.2, 0.25) is 0 Å². The van der Waals surface area contributed by atoms with Crippen molar-refractivity contribution >= 4 is 0 Å². The molecule has 0 aromatic carbocycles. The first-order valence-electron chi connectivity index (χ1n) is 3.07. The van der Waals surface area contributed by atoms with Crippen LogP contribution in [0.4, 0.5) is 13.2 Å². The molecule has 0 saturated carbocycles. The van der Waals surface area contributed by atoms with E-state index in [1.165, 1.54) is 18.5 Å². The van der Waals surface area contributed by atoms with Crippen LogP contribution in [0.3, 0.4) is 0 Å². The lowest BCUT2D eigenvalue weighted by atomic mass is 10.3. The zero-order valence-corrected chi connectivity index (χ0v) is 5.84. The molecule has 1 rings (SSSR count). The van der Waals surface area contributed by atoms with Gasteiger partial charge in [-0.25, -0.2) is 0 Å². The van der Waals surface area contributed by atoms with Crippen molar-refractivity contribution in [3.8, 4) is 0 Å². The monoisotopic (exact) mass is 164 g/mol. The van der Waals surface area contributed by atoms with E-state index >= 15 is 0 Å². The van der Waals surface area contributed by atoms with Crippen LogP contribution in [0, 0.1) is 0 Å². The van der Waals surface area contributed by atoms with Gasteiger partial charge in [-0.1, -0.05) is 0 Å². The van der Waals surface area contributed by atoms with E-state index in [0.717, 1.165) is 11.6 Å². The lowest BCUT2D eigenvalue weighted by Crippen LogP contribution is -2.23. The summed E-state index contributed by atoms with van der Waals surface area (Å²) < 4.78 is 36.7. The molecule has 0 amide bonds. The molecule has 5 heteroatoms. The van der Waals surface area contributed by atoms with Gasteiger partial charge >= 0.3 is 6.18 Å². The number of alkyl halides is 3. The van der Waals surface area contributed by atoms with Crippen molar-refractivity contribution < 1.29 is 13.2 Å². The molecule has 0 radical (unpaired) electrons. The fourth-order valence-corrected chi connectivity index (χ4v) is 0.660. The average molecular weight is 164 g/mol. The number of halogens is 3. The second-order valence-corrected chi connectivity index (χ2v) is 2.20. The Labute approximate surface area is 61.6 Å². The highest BCUT2D eigenvalue weighted by atomic mass is 19.4. The molecular weight excluding hydrogens is 157 g/mol. The maximum atomic E-state index is 12.0. The van der Waals surface area contributed by atoms with E-state index in [1.54, 1.807) is 0 Å².